The zero-order valence-electron chi connectivity index (χ0n) is 25.4. The number of hydrogen-bond acceptors (Lipinski definition) is 2. The molecular formula is C34H68N2. The highest BCUT2D eigenvalue weighted by molar-refractivity contribution is 4.97. The van der Waals surface area contributed by atoms with Crippen molar-refractivity contribution < 1.29 is 0 Å². The fraction of sp³-hybridized carbons (Fsp3) is 0.941. The van der Waals surface area contributed by atoms with Crippen LogP contribution in [0.1, 0.15) is 188 Å². The van der Waals surface area contributed by atoms with Crippen LogP contribution in [0.3, 0.4) is 0 Å². The molecule has 0 saturated carbocycles. The van der Waals surface area contributed by atoms with E-state index in [0.717, 1.165) is 0 Å². The minimum Gasteiger partial charge on any atom is -0.356 e. The Morgan fingerprint density at radius 2 is 0.639 bits per heavy atom. The third-order valence-corrected chi connectivity index (χ3v) is 8.32. The van der Waals surface area contributed by atoms with E-state index < -0.39 is 0 Å². The van der Waals surface area contributed by atoms with Crippen LogP contribution in [0.2, 0.25) is 0 Å². The summed E-state index contributed by atoms with van der Waals surface area (Å²) in [6.45, 7) is 9.46. The van der Waals surface area contributed by atoms with E-state index in [1.807, 2.05) is 0 Å². The summed E-state index contributed by atoms with van der Waals surface area (Å²) in [5.41, 5.74) is 0. The quantitative estimate of drug-likeness (QED) is 0.0977. The minimum absolute atomic E-state index is 0.642. The first kappa shape index (κ1) is 33.4. The van der Waals surface area contributed by atoms with E-state index in [9.17, 15) is 0 Å². The maximum absolute atomic E-state index is 2.70. The Bertz CT molecular complexity index is 460. The molecule has 0 N–H and O–H groups in total. The summed E-state index contributed by atoms with van der Waals surface area (Å²) in [4.78, 5) is 5.38. The molecule has 2 heteroatoms. The molecule has 0 saturated heterocycles. The van der Waals surface area contributed by atoms with Gasteiger partial charge in [-0.25, -0.2) is 0 Å². The molecule has 0 radical (unpaired) electrons. The SMILES string of the molecule is CCCCCCCCCCCCCCN1C=CN(CCCCCC)C1CCCCCCCCCCC. The summed E-state index contributed by atoms with van der Waals surface area (Å²) < 4.78 is 0. The van der Waals surface area contributed by atoms with Crippen LogP contribution in [0.15, 0.2) is 12.4 Å². The standard InChI is InChI=1S/C34H68N2/c1-4-7-10-13-15-17-18-19-21-23-25-28-31-36-33-32-35(30-27-12-9-6-3)34(36)29-26-24-22-20-16-14-11-8-5-2/h32-34H,4-31H2,1-3H3. The van der Waals surface area contributed by atoms with Gasteiger partial charge in [-0.3, -0.25) is 0 Å². The highest BCUT2D eigenvalue weighted by atomic mass is 15.4. The highest BCUT2D eigenvalue weighted by Gasteiger charge is 2.24. The van der Waals surface area contributed by atoms with Gasteiger partial charge in [0.2, 0.25) is 0 Å². The van der Waals surface area contributed by atoms with Crippen molar-refractivity contribution in [3.8, 4) is 0 Å². The predicted octanol–water partition coefficient (Wildman–Crippen LogP) is 11.6. The van der Waals surface area contributed by atoms with Crippen LogP contribution < -0.4 is 0 Å². The lowest BCUT2D eigenvalue weighted by Gasteiger charge is -2.33. The zero-order chi connectivity index (χ0) is 25.9. The second-order valence-electron chi connectivity index (χ2n) is 11.8. The lowest BCUT2D eigenvalue weighted by atomic mass is 10.0. The van der Waals surface area contributed by atoms with Crippen LogP contribution in [-0.2, 0) is 0 Å². The molecule has 0 bridgehead atoms. The predicted molar refractivity (Wildman–Crippen MR) is 163 cm³/mol. The first-order valence-electron chi connectivity index (χ1n) is 17.0. The number of hydrogen-bond donors (Lipinski definition) is 0. The molecular weight excluding hydrogens is 436 g/mol. The van der Waals surface area contributed by atoms with E-state index in [-0.39, 0.29) is 0 Å². The van der Waals surface area contributed by atoms with Crippen LogP contribution in [0.25, 0.3) is 0 Å². The van der Waals surface area contributed by atoms with Gasteiger partial charge in [-0.05, 0) is 25.7 Å². The number of unbranched alkanes of at least 4 members (excludes halogenated alkanes) is 22. The Labute approximate surface area is 229 Å². The smallest absolute Gasteiger partial charge is 0.101 e. The van der Waals surface area contributed by atoms with E-state index in [4.69, 9.17) is 0 Å². The van der Waals surface area contributed by atoms with Crippen molar-refractivity contribution in [1.82, 2.24) is 9.80 Å². The second-order valence-corrected chi connectivity index (χ2v) is 11.8. The molecule has 1 heterocycles. The molecule has 2 nitrogen and oxygen atoms in total. The normalized spacial score (nSPS) is 15.5. The highest BCUT2D eigenvalue weighted by Crippen LogP contribution is 2.24. The number of rotatable bonds is 28. The lowest BCUT2D eigenvalue weighted by molar-refractivity contribution is 0.135. The van der Waals surface area contributed by atoms with Gasteiger partial charge >= 0.3 is 0 Å². The minimum atomic E-state index is 0.642. The van der Waals surface area contributed by atoms with Gasteiger partial charge in [0.15, 0.2) is 0 Å². The molecule has 0 aromatic carbocycles. The number of nitrogens with zero attached hydrogens (tertiary/aromatic N) is 2. The third kappa shape index (κ3) is 18.6. The van der Waals surface area contributed by atoms with Crippen molar-refractivity contribution in [2.24, 2.45) is 0 Å². The van der Waals surface area contributed by atoms with Gasteiger partial charge in [-0.2, -0.15) is 0 Å². The Morgan fingerprint density at radius 1 is 0.361 bits per heavy atom. The molecule has 36 heavy (non-hydrogen) atoms. The molecule has 0 aromatic rings. The summed E-state index contributed by atoms with van der Waals surface area (Å²) in [5.74, 6) is 0. The molecule has 0 spiro atoms. The average Bonchev–Trinajstić information content (AvgIpc) is 3.27. The summed E-state index contributed by atoms with van der Waals surface area (Å²) in [6.07, 6.45) is 42.5. The van der Waals surface area contributed by atoms with Crippen LogP contribution in [0, 0.1) is 0 Å². The van der Waals surface area contributed by atoms with Crippen molar-refractivity contribution in [3.05, 3.63) is 12.4 Å². The summed E-state index contributed by atoms with van der Waals surface area (Å²) in [5, 5.41) is 0. The third-order valence-electron chi connectivity index (χ3n) is 8.32. The van der Waals surface area contributed by atoms with E-state index in [0.29, 0.717) is 6.17 Å². The Morgan fingerprint density at radius 3 is 1.00 bits per heavy atom. The average molecular weight is 505 g/mol. The zero-order valence-corrected chi connectivity index (χ0v) is 25.4. The molecule has 0 aliphatic carbocycles. The van der Waals surface area contributed by atoms with Crippen molar-refractivity contribution in [2.45, 2.75) is 194 Å². The molecule has 1 aliphatic rings. The molecule has 1 atom stereocenters. The van der Waals surface area contributed by atoms with Crippen molar-refractivity contribution >= 4 is 0 Å². The van der Waals surface area contributed by atoms with E-state index in [2.05, 4.69) is 43.0 Å². The molecule has 0 amide bonds. The molecule has 1 unspecified atom stereocenters. The summed E-state index contributed by atoms with van der Waals surface area (Å²) in [7, 11) is 0. The van der Waals surface area contributed by atoms with Crippen molar-refractivity contribution in [2.75, 3.05) is 13.1 Å². The van der Waals surface area contributed by atoms with Gasteiger partial charge < -0.3 is 9.80 Å². The largest absolute Gasteiger partial charge is 0.356 e. The van der Waals surface area contributed by atoms with Crippen LogP contribution in [0.5, 0.6) is 0 Å². The lowest BCUT2D eigenvalue weighted by Crippen LogP contribution is -2.39. The van der Waals surface area contributed by atoms with Gasteiger partial charge in [0.05, 0.1) is 0 Å². The van der Waals surface area contributed by atoms with Crippen molar-refractivity contribution in [3.63, 3.8) is 0 Å². The first-order valence-corrected chi connectivity index (χ1v) is 17.0. The Balaban J connectivity index is 2.17. The van der Waals surface area contributed by atoms with Crippen LogP contribution in [-0.4, -0.2) is 29.1 Å². The molecule has 1 aliphatic heterocycles. The van der Waals surface area contributed by atoms with Crippen molar-refractivity contribution in [1.29, 1.82) is 0 Å². The maximum atomic E-state index is 2.70. The van der Waals surface area contributed by atoms with Gasteiger partial charge in [-0.15, -0.1) is 0 Å². The van der Waals surface area contributed by atoms with Crippen LogP contribution in [0.4, 0.5) is 0 Å². The second kappa shape index (κ2) is 26.0. The van der Waals surface area contributed by atoms with Gasteiger partial charge in [-0.1, -0.05) is 162 Å². The van der Waals surface area contributed by atoms with Gasteiger partial charge in [0.1, 0.15) is 6.17 Å². The molecule has 214 valence electrons. The Kier molecular flexibility index (Phi) is 24.1. The van der Waals surface area contributed by atoms with E-state index in [1.54, 1.807) is 0 Å². The van der Waals surface area contributed by atoms with Crippen LogP contribution >= 0.6 is 0 Å². The fourth-order valence-corrected chi connectivity index (χ4v) is 5.83. The Hall–Kier alpha value is -0.660. The molecule has 0 fully saturated rings. The van der Waals surface area contributed by atoms with Gasteiger partial charge in [0, 0.05) is 25.5 Å². The first-order chi connectivity index (χ1) is 17.8. The summed E-state index contributed by atoms with van der Waals surface area (Å²) >= 11 is 0. The monoisotopic (exact) mass is 505 g/mol. The van der Waals surface area contributed by atoms with Gasteiger partial charge in [0.25, 0.3) is 0 Å². The maximum Gasteiger partial charge on any atom is 0.101 e. The fourth-order valence-electron chi connectivity index (χ4n) is 5.83. The van der Waals surface area contributed by atoms with E-state index >= 15 is 0 Å². The molecule has 1 rings (SSSR count). The topological polar surface area (TPSA) is 6.48 Å². The van der Waals surface area contributed by atoms with E-state index in [1.165, 1.54) is 180 Å². The summed E-state index contributed by atoms with van der Waals surface area (Å²) in [6, 6.07) is 0. The molecule has 0 aromatic heterocycles.